The summed E-state index contributed by atoms with van der Waals surface area (Å²) < 4.78 is 1.16. The summed E-state index contributed by atoms with van der Waals surface area (Å²) in [6, 6.07) is 8.60. The van der Waals surface area contributed by atoms with Gasteiger partial charge in [0, 0.05) is 15.1 Å². The molecule has 0 amide bonds. The quantitative estimate of drug-likeness (QED) is 0.853. The fourth-order valence-corrected chi connectivity index (χ4v) is 3.12. The minimum absolute atomic E-state index is 0.854. The van der Waals surface area contributed by atoms with Crippen LogP contribution in [0.15, 0.2) is 33.6 Å². The Morgan fingerprint density at radius 2 is 2.13 bits per heavy atom. The number of thioether (sulfide) groups is 1. The molecule has 0 aliphatic carbocycles. The zero-order chi connectivity index (χ0) is 10.5. The number of hydrogen-bond donors (Lipinski definition) is 1. The molecule has 82 valence electrons. The van der Waals surface area contributed by atoms with Crippen molar-refractivity contribution in [2.24, 2.45) is 5.92 Å². The van der Waals surface area contributed by atoms with Gasteiger partial charge in [0.2, 0.25) is 0 Å². The van der Waals surface area contributed by atoms with Crippen molar-refractivity contribution in [3.05, 3.63) is 28.7 Å². The number of rotatable bonds is 3. The topological polar surface area (TPSA) is 12.0 Å². The lowest BCUT2D eigenvalue weighted by molar-refractivity contribution is 0.410. The highest BCUT2D eigenvalue weighted by atomic mass is 79.9. The van der Waals surface area contributed by atoms with Crippen molar-refractivity contribution in [3.63, 3.8) is 0 Å². The van der Waals surface area contributed by atoms with Crippen molar-refractivity contribution in [2.75, 3.05) is 18.8 Å². The van der Waals surface area contributed by atoms with Gasteiger partial charge >= 0.3 is 0 Å². The molecule has 0 aromatic heterocycles. The van der Waals surface area contributed by atoms with Crippen LogP contribution in [0.1, 0.15) is 12.8 Å². The number of piperidine rings is 1. The first kappa shape index (κ1) is 11.5. The molecule has 2 rings (SSSR count). The highest BCUT2D eigenvalue weighted by Gasteiger charge is 2.12. The van der Waals surface area contributed by atoms with Gasteiger partial charge in [-0.3, -0.25) is 0 Å². The second-order valence-corrected chi connectivity index (χ2v) is 5.99. The maximum absolute atomic E-state index is 3.46. The Balaban J connectivity index is 1.79. The van der Waals surface area contributed by atoms with E-state index in [9.17, 15) is 0 Å². The Morgan fingerprint density at radius 1 is 1.33 bits per heavy atom. The molecule has 1 atom stereocenters. The SMILES string of the molecule is Brc1ccc(SCC2CCCNC2)cc1. The van der Waals surface area contributed by atoms with Gasteiger partial charge in [-0.1, -0.05) is 15.9 Å². The predicted octanol–water partition coefficient (Wildman–Crippen LogP) is 3.54. The van der Waals surface area contributed by atoms with Crippen LogP contribution >= 0.6 is 27.7 Å². The molecular weight excluding hydrogens is 270 g/mol. The van der Waals surface area contributed by atoms with E-state index in [4.69, 9.17) is 0 Å². The van der Waals surface area contributed by atoms with E-state index < -0.39 is 0 Å². The normalized spacial score (nSPS) is 21.5. The third-order valence-corrected chi connectivity index (χ3v) is 4.47. The van der Waals surface area contributed by atoms with Gasteiger partial charge in [0.25, 0.3) is 0 Å². The van der Waals surface area contributed by atoms with Crippen molar-refractivity contribution < 1.29 is 0 Å². The van der Waals surface area contributed by atoms with Crippen LogP contribution in [0.25, 0.3) is 0 Å². The van der Waals surface area contributed by atoms with Crippen molar-refractivity contribution >= 4 is 27.7 Å². The lowest BCUT2D eigenvalue weighted by atomic mass is 10.0. The van der Waals surface area contributed by atoms with Crippen LogP contribution in [0, 0.1) is 5.92 Å². The molecule has 1 fully saturated rings. The molecule has 0 saturated carbocycles. The highest BCUT2D eigenvalue weighted by molar-refractivity contribution is 9.10. The summed E-state index contributed by atoms with van der Waals surface area (Å²) in [5, 5.41) is 3.46. The molecule has 1 unspecified atom stereocenters. The van der Waals surface area contributed by atoms with Gasteiger partial charge in [-0.25, -0.2) is 0 Å². The zero-order valence-electron chi connectivity index (χ0n) is 8.71. The second kappa shape index (κ2) is 5.92. The van der Waals surface area contributed by atoms with E-state index in [0.717, 1.165) is 10.4 Å². The first-order chi connectivity index (χ1) is 7.34. The largest absolute Gasteiger partial charge is 0.316 e. The Labute approximate surface area is 104 Å². The molecular formula is C12H16BrNS. The molecule has 1 aromatic carbocycles. The molecule has 1 nitrogen and oxygen atoms in total. The third-order valence-electron chi connectivity index (χ3n) is 2.70. The van der Waals surface area contributed by atoms with Crippen LogP contribution in [0.4, 0.5) is 0 Å². The van der Waals surface area contributed by atoms with Gasteiger partial charge in [0.05, 0.1) is 0 Å². The molecule has 1 aliphatic rings. The molecule has 1 N–H and O–H groups in total. The third kappa shape index (κ3) is 3.82. The van der Waals surface area contributed by atoms with E-state index >= 15 is 0 Å². The van der Waals surface area contributed by atoms with E-state index in [-0.39, 0.29) is 0 Å². The van der Waals surface area contributed by atoms with E-state index in [1.165, 1.54) is 36.6 Å². The summed E-state index contributed by atoms with van der Waals surface area (Å²) in [5.74, 6) is 2.10. The molecule has 3 heteroatoms. The molecule has 1 aromatic rings. The van der Waals surface area contributed by atoms with Gasteiger partial charge in [0.1, 0.15) is 0 Å². The average molecular weight is 286 g/mol. The Bertz CT molecular complexity index is 293. The van der Waals surface area contributed by atoms with Gasteiger partial charge in [-0.15, -0.1) is 11.8 Å². The van der Waals surface area contributed by atoms with E-state index in [2.05, 4.69) is 45.5 Å². The fraction of sp³-hybridized carbons (Fsp3) is 0.500. The highest BCUT2D eigenvalue weighted by Crippen LogP contribution is 2.24. The summed E-state index contributed by atoms with van der Waals surface area (Å²) in [6.45, 7) is 2.41. The summed E-state index contributed by atoms with van der Waals surface area (Å²) in [4.78, 5) is 1.38. The van der Waals surface area contributed by atoms with Crippen molar-refractivity contribution in [1.82, 2.24) is 5.32 Å². The molecule has 1 heterocycles. The second-order valence-electron chi connectivity index (χ2n) is 3.98. The number of nitrogens with one attached hydrogen (secondary N) is 1. The van der Waals surface area contributed by atoms with Crippen LogP contribution in [-0.2, 0) is 0 Å². The summed E-state index contributed by atoms with van der Waals surface area (Å²) in [7, 11) is 0. The number of halogens is 1. The molecule has 0 spiro atoms. The average Bonchev–Trinajstić information content (AvgIpc) is 2.30. The summed E-state index contributed by atoms with van der Waals surface area (Å²) >= 11 is 5.43. The van der Waals surface area contributed by atoms with E-state index in [1.54, 1.807) is 0 Å². The van der Waals surface area contributed by atoms with Gasteiger partial charge in [0.15, 0.2) is 0 Å². The molecule has 0 radical (unpaired) electrons. The summed E-state index contributed by atoms with van der Waals surface area (Å²) in [6.07, 6.45) is 2.72. The van der Waals surface area contributed by atoms with E-state index in [1.807, 2.05) is 11.8 Å². The van der Waals surface area contributed by atoms with Crippen LogP contribution in [-0.4, -0.2) is 18.8 Å². The standard InChI is InChI=1S/C12H16BrNS/c13-11-3-5-12(6-4-11)15-9-10-2-1-7-14-8-10/h3-6,10,14H,1-2,7-9H2. The molecule has 1 saturated heterocycles. The van der Waals surface area contributed by atoms with Crippen LogP contribution in [0.5, 0.6) is 0 Å². The summed E-state index contributed by atoms with van der Waals surface area (Å²) in [5.41, 5.74) is 0. The lowest BCUT2D eigenvalue weighted by Crippen LogP contribution is -2.30. The number of hydrogen-bond acceptors (Lipinski definition) is 2. The van der Waals surface area contributed by atoms with Crippen LogP contribution in [0.2, 0.25) is 0 Å². The van der Waals surface area contributed by atoms with Crippen LogP contribution < -0.4 is 5.32 Å². The van der Waals surface area contributed by atoms with Gasteiger partial charge in [-0.2, -0.15) is 0 Å². The first-order valence-corrected chi connectivity index (χ1v) is 7.21. The van der Waals surface area contributed by atoms with Gasteiger partial charge < -0.3 is 5.32 Å². The number of benzene rings is 1. The maximum Gasteiger partial charge on any atom is 0.0176 e. The maximum atomic E-state index is 3.46. The first-order valence-electron chi connectivity index (χ1n) is 5.44. The van der Waals surface area contributed by atoms with Crippen molar-refractivity contribution in [2.45, 2.75) is 17.7 Å². The smallest absolute Gasteiger partial charge is 0.0176 e. The predicted molar refractivity (Wildman–Crippen MR) is 70.5 cm³/mol. The Hall–Kier alpha value is 0.01000. The molecule has 1 aliphatic heterocycles. The van der Waals surface area contributed by atoms with E-state index in [0.29, 0.717) is 0 Å². The zero-order valence-corrected chi connectivity index (χ0v) is 11.1. The van der Waals surface area contributed by atoms with Crippen molar-refractivity contribution in [1.29, 1.82) is 0 Å². The minimum atomic E-state index is 0.854. The molecule has 0 bridgehead atoms. The van der Waals surface area contributed by atoms with Gasteiger partial charge in [-0.05, 0) is 56.1 Å². The van der Waals surface area contributed by atoms with Crippen LogP contribution in [0.3, 0.4) is 0 Å². The van der Waals surface area contributed by atoms with Crippen molar-refractivity contribution in [3.8, 4) is 0 Å². The monoisotopic (exact) mass is 285 g/mol. The Kier molecular flexibility index (Phi) is 4.54. The molecule has 15 heavy (non-hydrogen) atoms. The Morgan fingerprint density at radius 3 is 2.80 bits per heavy atom. The fourth-order valence-electron chi connectivity index (χ4n) is 1.81. The lowest BCUT2D eigenvalue weighted by Gasteiger charge is -2.22. The minimum Gasteiger partial charge on any atom is -0.316 e.